The van der Waals surface area contributed by atoms with E-state index in [1.807, 2.05) is 42.5 Å². The third-order valence-corrected chi connectivity index (χ3v) is 6.57. The van der Waals surface area contributed by atoms with Crippen LogP contribution in [-0.4, -0.2) is 8.42 Å². The van der Waals surface area contributed by atoms with Crippen molar-refractivity contribution in [3.8, 4) is 0 Å². The molecule has 3 nitrogen and oxygen atoms in total. The monoisotopic (exact) mass is 327 g/mol. The van der Waals surface area contributed by atoms with Crippen molar-refractivity contribution in [1.82, 2.24) is 4.72 Å². The molecule has 0 atom stereocenters. The zero-order valence-electron chi connectivity index (χ0n) is 13.1. The molecule has 0 spiro atoms. The SMILES string of the molecule is O=S(=O)(NC1(c2ccccc2)CC1)c1ccc2c(c1)CCCC2. The van der Waals surface area contributed by atoms with E-state index < -0.39 is 15.6 Å². The Hall–Kier alpha value is -1.65. The minimum Gasteiger partial charge on any atom is -0.207 e. The van der Waals surface area contributed by atoms with E-state index in [-0.39, 0.29) is 0 Å². The highest BCUT2D eigenvalue weighted by molar-refractivity contribution is 7.89. The zero-order chi connectivity index (χ0) is 15.9. The molecule has 0 heterocycles. The first-order valence-electron chi connectivity index (χ1n) is 8.30. The summed E-state index contributed by atoms with van der Waals surface area (Å²) in [4.78, 5) is 0.403. The minimum atomic E-state index is -3.49. The van der Waals surface area contributed by atoms with Gasteiger partial charge in [0, 0.05) is 0 Å². The predicted octanol–water partition coefficient (Wildman–Crippen LogP) is 3.53. The molecule has 1 fully saturated rings. The molecule has 0 amide bonds. The molecule has 0 saturated heterocycles. The highest BCUT2D eigenvalue weighted by Crippen LogP contribution is 2.46. The fraction of sp³-hybridized carbons (Fsp3) is 0.368. The predicted molar refractivity (Wildman–Crippen MR) is 90.8 cm³/mol. The lowest BCUT2D eigenvalue weighted by molar-refractivity contribution is 0.551. The van der Waals surface area contributed by atoms with Crippen LogP contribution in [0, 0.1) is 0 Å². The van der Waals surface area contributed by atoms with Crippen molar-refractivity contribution in [2.24, 2.45) is 0 Å². The lowest BCUT2D eigenvalue weighted by atomic mass is 9.92. The fourth-order valence-corrected chi connectivity index (χ4v) is 5.02. The maximum Gasteiger partial charge on any atom is 0.241 e. The van der Waals surface area contributed by atoms with E-state index in [9.17, 15) is 8.42 Å². The van der Waals surface area contributed by atoms with Gasteiger partial charge in [-0.25, -0.2) is 13.1 Å². The lowest BCUT2D eigenvalue weighted by Crippen LogP contribution is -2.34. The van der Waals surface area contributed by atoms with Gasteiger partial charge in [0.25, 0.3) is 0 Å². The standard InChI is InChI=1S/C19H21NO2S/c21-23(22,18-11-10-15-6-4-5-7-16(15)14-18)20-19(12-13-19)17-8-2-1-3-9-17/h1-3,8-11,14,20H,4-7,12-13H2. The normalized spacial score (nSPS) is 19.1. The van der Waals surface area contributed by atoms with E-state index in [0.29, 0.717) is 4.90 Å². The Morgan fingerprint density at radius 1 is 0.870 bits per heavy atom. The van der Waals surface area contributed by atoms with Crippen LogP contribution in [0.2, 0.25) is 0 Å². The Kier molecular flexibility index (Phi) is 3.54. The summed E-state index contributed by atoms with van der Waals surface area (Å²) < 4.78 is 28.6. The van der Waals surface area contributed by atoms with Crippen LogP contribution in [0.15, 0.2) is 53.4 Å². The highest BCUT2D eigenvalue weighted by atomic mass is 32.2. The van der Waals surface area contributed by atoms with Crippen LogP contribution in [0.3, 0.4) is 0 Å². The van der Waals surface area contributed by atoms with Crippen LogP contribution in [0.4, 0.5) is 0 Å². The molecule has 4 rings (SSSR count). The van der Waals surface area contributed by atoms with Crippen LogP contribution in [0.1, 0.15) is 42.4 Å². The molecule has 2 aliphatic carbocycles. The molecule has 120 valence electrons. The van der Waals surface area contributed by atoms with Crippen molar-refractivity contribution in [2.45, 2.75) is 49.0 Å². The molecule has 0 aliphatic heterocycles. The van der Waals surface area contributed by atoms with E-state index in [1.54, 1.807) is 6.07 Å². The maximum absolute atomic E-state index is 12.8. The van der Waals surface area contributed by atoms with Gasteiger partial charge in [0.15, 0.2) is 0 Å². The van der Waals surface area contributed by atoms with Crippen molar-refractivity contribution in [3.63, 3.8) is 0 Å². The van der Waals surface area contributed by atoms with Gasteiger partial charge in [0.05, 0.1) is 10.4 Å². The molecule has 23 heavy (non-hydrogen) atoms. The largest absolute Gasteiger partial charge is 0.241 e. The van der Waals surface area contributed by atoms with Gasteiger partial charge in [-0.05, 0) is 67.3 Å². The third kappa shape index (κ3) is 2.81. The Morgan fingerprint density at radius 2 is 1.57 bits per heavy atom. The number of hydrogen-bond acceptors (Lipinski definition) is 2. The molecule has 1 N–H and O–H groups in total. The summed E-state index contributed by atoms with van der Waals surface area (Å²) in [6, 6.07) is 15.5. The summed E-state index contributed by atoms with van der Waals surface area (Å²) in [6.07, 6.45) is 6.13. The van der Waals surface area contributed by atoms with Crippen LogP contribution in [0.5, 0.6) is 0 Å². The number of nitrogens with one attached hydrogen (secondary N) is 1. The number of hydrogen-bond donors (Lipinski definition) is 1. The van der Waals surface area contributed by atoms with Crippen molar-refractivity contribution in [3.05, 3.63) is 65.2 Å². The minimum absolute atomic E-state index is 0.403. The summed E-state index contributed by atoms with van der Waals surface area (Å²) in [6.45, 7) is 0. The van der Waals surface area contributed by atoms with E-state index in [2.05, 4.69) is 4.72 Å². The molecule has 0 bridgehead atoms. The van der Waals surface area contributed by atoms with Gasteiger partial charge in [0.1, 0.15) is 0 Å². The van der Waals surface area contributed by atoms with Crippen molar-refractivity contribution in [1.29, 1.82) is 0 Å². The Labute approximate surface area is 137 Å². The molecule has 4 heteroatoms. The smallest absolute Gasteiger partial charge is 0.207 e. The molecule has 1 saturated carbocycles. The van der Waals surface area contributed by atoms with Gasteiger partial charge in [0.2, 0.25) is 10.0 Å². The first kappa shape index (κ1) is 14.9. The number of fused-ring (bicyclic) bond motifs is 1. The second-order valence-corrected chi connectivity index (χ2v) is 8.37. The summed E-state index contributed by atoms with van der Waals surface area (Å²) >= 11 is 0. The van der Waals surface area contributed by atoms with Gasteiger partial charge in [-0.2, -0.15) is 0 Å². The van der Waals surface area contributed by atoms with Crippen LogP contribution >= 0.6 is 0 Å². The molecule has 0 aromatic heterocycles. The quantitative estimate of drug-likeness (QED) is 0.934. The molecule has 2 aromatic carbocycles. The molecule has 0 unspecified atom stereocenters. The first-order valence-corrected chi connectivity index (χ1v) is 9.79. The van der Waals surface area contributed by atoms with Gasteiger partial charge in [-0.15, -0.1) is 0 Å². The van der Waals surface area contributed by atoms with E-state index in [1.165, 1.54) is 17.5 Å². The number of aryl methyl sites for hydroxylation is 2. The van der Waals surface area contributed by atoms with Crippen LogP contribution in [-0.2, 0) is 28.4 Å². The van der Waals surface area contributed by atoms with Gasteiger partial charge in [-0.1, -0.05) is 36.4 Å². The molecular weight excluding hydrogens is 306 g/mol. The van der Waals surface area contributed by atoms with E-state index in [4.69, 9.17) is 0 Å². The van der Waals surface area contributed by atoms with Crippen molar-refractivity contribution in [2.75, 3.05) is 0 Å². The number of benzene rings is 2. The summed E-state index contributed by atoms with van der Waals surface area (Å²) in [5.74, 6) is 0. The fourth-order valence-electron chi connectivity index (χ4n) is 3.52. The average Bonchev–Trinajstić information content (AvgIpc) is 3.35. The van der Waals surface area contributed by atoms with Crippen molar-refractivity contribution < 1.29 is 8.42 Å². The van der Waals surface area contributed by atoms with Crippen LogP contribution in [0.25, 0.3) is 0 Å². The summed E-state index contributed by atoms with van der Waals surface area (Å²) in [5.41, 5.74) is 3.15. The number of sulfonamides is 1. The zero-order valence-corrected chi connectivity index (χ0v) is 13.9. The Morgan fingerprint density at radius 3 is 2.26 bits per heavy atom. The number of rotatable bonds is 4. The second-order valence-electron chi connectivity index (χ2n) is 6.69. The summed E-state index contributed by atoms with van der Waals surface area (Å²) in [5, 5.41) is 0. The molecule has 2 aliphatic rings. The lowest BCUT2D eigenvalue weighted by Gasteiger charge is -2.20. The molecule has 2 aromatic rings. The Bertz CT molecular complexity index is 824. The highest BCUT2D eigenvalue weighted by Gasteiger charge is 2.47. The second kappa shape index (κ2) is 5.46. The van der Waals surface area contributed by atoms with E-state index >= 15 is 0 Å². The molecular formula is C19H21NO2S. The topological polar surface area (TPSA) is 46.2 Å². The third-order valence-electron chi connectivity index (χ3n) is 5.04. The van der Waals surface area contributed by atoms with Gasteiger partial charge in [-0.3, -0.25) is 0 Å². The first-order chi connectivity index (χ1) is 11.1. The Balaban J connectivity index is 1.64. The average molecular weight is 327 g/mol. The maximum atomic E-state index is 12.8. The van der Waals surface area contributed by atoms with Gasteiger partial charge >= 0.3 is 0 Å². The molecule has 0 radical (unpaired) electrons. The summed E-state index contributed by atoms with van der Waals surface area (Å²) in [7, 11) is -3.49. The van der Waals surface area contributed by atoms with E-state index in [0.717, 1.165) is 37.7 Å². The van der Waals surface area contributed by atoms with Crippen LogP contribution < -0.4 is 4.72 Å². The van der Waals surface area contributed by atoms with Gasteiger partial charge < -0.3 is 0 Å². The van der Waals surface area contributed by atoms with Crippen molar-refractivity contribution >= 4 is 10.0 Å².